The summed E-state index contributed by atoms with van der Waals surface area (Å²) < 4.78 is 6.30. The Balaban J connectivity index is 1.19. The van der Waals surface area contributed by atoms with Crippen molar-refractivity contribution in [3.63, 3.8) is 0 Å². The number of carbonyl (C=O) groups excluding carboxylic acids is 1. The van der Waals surface area contributed by atoms with Gasteiger partial charge in [0, 0.05) is 12.1 Å². The molecule has 6 nitrogen and oxygen atoms in total. The molecule has 1 saturated heterocycles. The highest BCUT2D eigenvalue weighted by atomic mass is 16.5. The molecule has 10 atom stereocenters. The van der Waals surface area contributed by atoms with E-state index in [4.69, 9.17) is 4.74 Å². The van der Waals surface area contributed by atoms with Crippen LogP contribution in [0.25, 0.3) is 0 Å². The zero-order valence-corrected chi connectivity index (χ0v) is 32.7. The molecule has 0 amide bonds. The van der Waals surface area contributed by atoms with E-state index in [-0.39, 0.29) is 35.7 Å². The molecule has 5 aliphatic carbocycles. The maximum Gasteiger partial charge on any atom is 0.306 e. The highest BCUT2D eigenvalue weighted by Gasteiger charge is 2.71. The number of aliphatic carboxylic acids is 1. The number of rotatable bonds is 11. The number of ether oxygens (including phenoxy) is 1. The molecule has 2 N–H and O–H groups in total. The number of carboxylic acids is 1. The van der Waals surface area contributed by atoms with E-state index in [0.29, 0.717) is 34.0 Å². The van der Waals surface area contributed by atoms with Crippen molar-refractivity contribution in [1.29, 1.82) is 0 Å². The van der Waals surface area contributed by atoms with Crippen LogP contribution in [0.2, 0.25) is 0 Å². The normalized spacial score (nSPS) is 43.2. The van der Waals surface area contributed by atoms with Crippen molar-refractivity contribution in [2.24, 2.45) is 62.1 Å². The molecule has 278 valence electrons. The molecule has 0 unspecified atom stereocenters. The Morgan fingerprint density at radius 3 is 2.27 bits per heavy atom. The van der Waals surface area contributed by atoms with Gasteiger partial charge in [-0.2, -0.15) is 0 Å². The van der Waals surface area contributed by atoms with Gasteiger partial charge in [-0.25, -0.2) is 0 Å². The SMILES string of the molecule is C=C(C)[C@@H]1CC[C@]2(CCNCN3CCCC3)CC[C@]3(C)[C@H](CC[C@@H]4[C@@]5(C)CC[C@H](OC(=O)CC(C)(C)CC(=O)O)C(C)(C)[C@@H]5CC[C@]43C)[C@@H]12. The third-order valence-corrected chi connectivity index (χ3v) is 17.0. The van der Waals surface area contributed by atoms with Gasteiger partial charge in [-0.3, -0.25) is 14.5 Å². The molecule has 6 aliphatic rings. The fraction of sp³-hybridized carbons (Fsp3) is 0.907. The Morgan fingerprint density at radius 2 is 1.59 bits per heavy atom. The summed E-state index contributed by atoms with van der Waals surface area (Å²) in [6.45, 7) is 28.2. The predicted octanol–water partition coefficient (Wildman–Crippen LogP) is 9.48. The average molecular weight is 681 g/mol. The van der Waals surface area contributed by atoms with Crippen molar-refractivity contribution in [3.8, 4) is 0 Å². The summed E-state index contributed by atoms with van der Waals surface area (Å²) in [5.74, 6) is 2.29. The molecule has 0 bridgehead atoms. The Kier molecular flexibility index (Phi) is 10.1. The van der Waals surface area contributed by atoms with Crippen LogP contribution in [0, 0.1) is 62.1 Å². The molecule has 49 heavy (non-hydrogen) atoms. The van der Waals surface area contributed by atoms with E-state index in [9.17, 15) is 14.7 Å². The van der Waals surface area contributed by atoms with E-state index in [1.807, 2.05) is 13.8 Å². The van der Waals surface area contributed by atoms with E-state index in [1.165, 1.54) is 89.3 Å². The van der Waals surface area contributed by atoms with Crippen LogP contribution >= 0.6 is 0 Å². The van der Waals surface area contributed by atoms with Gasteiger partial charge in [0.05, 0.1) is 12.8 Å². The lowest BCUT2D eigenvalue weighted by Gasteiger charge is -2.73. The maximum atomic E-state index is 13.2. The molecule has 5 saturated carbocycles. The number of nitrogens with one attached hydrogen (secondary N) is 1. The topological polar surface area (TPSA) is 78.9 Å². The summed E-state index contributed by atoms with van der Waals surface area (Å²) in [5, 5.41) is 13.2. The monoisotopic (exact) mass is 681 g/mol. The van der Waals surface area contributed by atoms with Crippen molar-refractivity contribution < 1.29 is 19.4 Å². The fourth-order valence-electron chi connectivity index (χ4n) is 14.5. The molecule has 6 heteroatoms. The summed E-state index contributed by atoms with van der Waals surface area (Å²) >= 11 is 0. The highest BCUT2D eigenvalue weighted by molar-refractivity contribution is 5.73. The van der Waals surface area contributed by atoms with Crippen LogP contribution in [-0.4, -0.2) is 54.4 Å². The Bertz CT molecular complexity index is 1270. The van der Waals surface area contributed by atoms with Gasteiger partial charge in [0.2, 0.25) is 0 Å². The minimum Gasteiger partial charge on any atom is -0.481 e. The molecule has 6 fully saturated rings. The molecule has 1 heterocycles. The number of esters is 1. The molecule has 0 spiro atoms. The van der Waals surface area contributed by atoms with Crippen LogP contribution in [0.5, 0.6) is 0 Å². The largest absolute Gasteiger partial charge is 0.481 e. The van der Waals surface area contributed by atoms with Gasteiger partial charge in [-0.1, -0.05) is 60.6 Å². The van der Waals surface area contributed by atoms with E-state index in [1.54, 1.807) is 0 Å². The van der Waals surface area contributed by atoms with Crippen molar-refractivity contribution in [1.82, 2.24) is 10.2 Å². The van der Waals surface area contributed by atoms with E-state index in [0.717, 1.165) is 37.9 Å². The maximum absolute atomic E-state index is 13.2. The lowest BCUT2D eigenvalue weighted by molar-refractivity contribution is -0.250. The first kappa shape index (κ1) is 37.4. The fourth-order valence-corrected chi connectivity index (χ4v) is 14.5. The van der Waals surface area contributed by atoms with Gasteiger partial charge in [-0.05, 0) is 167 Å². The van der Waals surface area contributed by atoms with Crippen LogP contribution in [0.1, 0.15) is 152 Å². The number of carboxylic acid groups (broad SMARTS) is 1. The van der Waals surface area contributed by atoms with Crippen LogP contribution in [-0.2, 0) is 14.3 Å². The quantitative estimate of drug-likeness (QED) is 0.129. The standard InChI is InChI=1S/C43H72N2O4/c1-29(2)30-14-19-43(22-23-44-28-45-24-10-11-25-45)21-20-41(8)31(37(30)43)12-13-33-40(7)17-16-34(39(5,6)32(40)15-18-42(33,41)9)49-36(48)27-38(3,4)26-35(46)47/h30-34,37,44H,1,10-28H2,2-9H3,(H,46,47)/t30-,31+,32-,33+,34-,37+,40-,41+,42+,43+/m0/s1. The second kappa shape index (κ2) is 13.2. The lowest BCUT2D eigenvalue weighted by atomic mass is 9.32. The number of hydrogen-bond acceptors (Lipinski definition) is 5. The molecule has 0 aromatic heterocycles. The summed E-state index contributed by atoms with van der Waals surface area (Å²) in [6, 6.07) is 0. The lowest BCUT2D eigenvalue weighted by Crippen LogP contribution is -2.66. The number of hydrogen-bond donors (Lipinski definition) is 2. The van der Waals surface area contributed by atoms with Crippen molar-refractivity contribution in [3.05, 3.63) is 12.2 Å². The highest BCUT2D eigenvalue weighted by Crippen LogP contribution is 2.78. The zero-order valence-electron chi connectivity index (χ0n) is 32.7. The Hall–Kier alpha value is -1.40. The Morgan fingerprint density at radius 1 is 0.878 bits per heavy atom. The second-order valence-electron chi connectivity index (χ2n) is 20.5. The van der Waals surface area contributed by atoms with E-state index in [2.05, 4.69) is 58.3 Å². The minimum atomic E-state index is -0.864. The van der Waals surface area contributed by atoms with Gasteiger partial charge in [0.15, 0.2) is 0 Å². The van der Waals surface area contributed by atoms with E-state index < -0.39 is 11.4 Å². The zero-order chi connectivity index (χ0) is 35.6. The minimum absolute atomic E-state index is 0.0262. The molecule has 0 aromatic rings. The van der Waals surface area contributed by atoms with Crippen LogP contribution in [0.4, 0.5) is 0 Å². The first-order valence-corrected chi connectivity index (χ1v) is 20.4. The molecule has 0 radical (unpaired) electrons. The Labute approximate surface area is 299 Å². The molecule has 0 aromatic carbocycles. The number of carbonyl (C=O) groups is 2. The summed E-state index contributed by atoms with van der Waals surface area (Å²) in [4.78, 5) is 27.2. The number of nitrogens with zero attached hydrogens (tertiary/aromatic N) is 1. The third kappa shape index (κ3) is 6.37. The third-order valence-electron chi connectivity index (χ3n) is 17.0. The second-order valence-corrected chi connectivity index (χ2v) is 20.5. The van der Waals surface area contributed by atoms with E-state index >= 15 is 0 Å². The van der Waals surface area contributed by atoms with Gasteiger partial charge < -0.3 is 15.2 Å². The molecular weight excluding hydrogens is 608 g/mol. The van der Waals surface area contributed by atoms with Crippen LogP contribution in [0.3, 0.4) is 0 Å². The predicted molar refractivity (Wildman–Crippen MR) is 198 cm³/mol. The summed E-state index contributed by atoms with van der Waals surface area (Å²) in [5.41, 5.74) is 2.05. The first-order valence-electron chi connectivity index (χ1n) is 20.4. The van der Waals surface area contributed by atoms with Crippen LogP contribution in [0.15, 0.2) is 12.2 Å². The van der Waals surface area contributed by atoms with Crippen molar-refractivity contribution in [2.45, 2.75) is 158 Å². The van der Waals surface area contributed by atoms with Crippen molar-refractivity contribution >= 4 is 11.9 Å². The first-order chi connectivity index (χ1) is 22.9. The summed E-state index contributed by atoms with van der Waals surface area (Å²) in [6.07, 6.45) is 16.7. The molecule has 1 aliphatic heterocycles. The number of allylic oxidation sites excluding steroid dienone is 1. The molecule has 6 rings (SSSR count). The van der Waals surface area contributed by atoms with Gasteiger partial charge in [-0.15, -0.1) is 0 Å². The number of fused-ring (bicyclic) bond motifs is 7. The van der Waals surface area contributed by atoms with Gasteiger partial charge in [0.1, 0.15) is 6.10 Å². The number of likely N-dealkylation sites (tertiary alicyclic amines) is 1. The molecular formula is C43H72N2O4. The summed E-state index contributed by atoms with van der Waals surface area (Å²) in [7, 11) is 0. The van der Waals surface area contributed by atoms with Gasteiger partial charge >= 0.3 is 11.9 Å². The van der Waals surface area contributed by atoms with Crippen molar-refractivity contribution in [2.75, 3.05) is 26.3 Å². The van der Waals surface area contributed by atoms with Gasteiger partial charge in [0.25, 0.3) is 0 Å². The average Bonchev–Trinajstić information content (AvgIpc) is 3.65. The smallest absolute Gasteiger partial charge is 0.306 e. The van der Waals surface area contributed by atoms with Crippen LogP contribution < -0.4 is 5.32 Å².